The molecule has 0 radical (unpaired) electrons. The largest absolute Gasteiger partial charge is 0.360 e. The van der Waals surface area contributed by atoms with E-state index < -0.39 is 17.4 Å². The van der Waals surface area contributed by atoms with Crippen molar-refractivity contribution in [3.05, 3.63) is 99.8 Å². The van der Waals surface area contributed by atoms with Crippen LogP contribution in [0.2, 0.25) is 0 Å². The van der Waals surface area contributed by atoms with Gasteiger partial charge in [0.15, 0.2) is 11.2 Å². The fourth-order valence-corrected chi connectivity index (χ4v) is 3.90. The van der Waals surface area contributed by atoms with Crippen molar-refractivity contribution in [3.8, 4) is 11.1 Å². The van der Waals surface area contributed by atoms with Gasteiger partial charge in [0.05, 0.1) is 5.56 Å². The van der Waals surface area contributed by atoms with Crippen LogP contribution < -0.4 is 16.1 Å². The van der Waals surface area contributed by atoms with Crippen molar-refractivity contribution in [2.75, 3.05) is 5.32 Å². The third-order valence-corrected chi connectivity index (χ3v) is 6.11. The Bertz CT molecular complexity index is 1500. The van der Waals surface area contributed by atoms with Gasteiger partial charge in [0.2, 0.25) is 5.91 Å². The summed E-state index contributed by atoms with van der Waals surface area (Å²) in [6.07, 6.45) is 2.36. The van der Waals surface area contributed by atoms with Gasteiger partial charge in [-0.15, -0.1) is 0 Å². The molecule has 0 aliphatic rings. The molecule has 1 atom stereocenters. The molecule has 7 nitrogen and oxygen atoms in total. The van der Waals surface area contributed by atoms with Crippen molar-refractivity contribution >= 4 is 34.2 Å². The summed E-state index contributed by atoms with van der Waals surface area (Å²) in [5.74, 6) is -1.15. The number of nitrogens with one attached hydrogen (secondary N) is 3. The zero-order valence-corrected chi connectivity index (χ0v) is 20.3. The number of carbonyl (C=O) groups excluding carboxylic acids is 3. The van der Waals surface area contributed by atoms with Crippen molar-refractivity contribution in [2.24, 2.45) is 0 Å². The first-order valence-corrected chi connectivity index (χ1v) is 11.7. The Labute approximate surface area is 208 Å². The Morgan fingerprint density at radius 1 is 0.917 bits per heavy atom. The fourth-order valence-electron chi connectivity index (χ4n) is 3.90. The lowest BCUT2D eigenvalue weighted by atomic mass is 10.0. The fraction of sp³-hybridized carbons (Fsp3) is 0.172. The van der Waals surface area contributed by atoms with Gasteiger partial charge in [-0.1, -0.05) is 43.3 Å². The Morgan fingerprint density at radius 3 is 2.17 bits per heavy atom. The van der Waals surface area contributed by atoms with Gasteiger partial charge in [0.1, 0.15) is 6.04 Å². The highest BCUT2D eigenvalue weighted by molar-refractivity contribution is 6.02. The maximum Gasteiger partial charge on any atom is 0.251 e. The number of hydrogen-bond acceptors (Lipinski definition) is 4. The number of aromatic nitrogens is 1. The van der Waals surface area contributed by atoms with Crippen LogP contribution in [-0.4, -0.2) is 28.6 Å². The first kappa shape index (κ1) is 24.6. The van der Waals surface area contributed by atoms with Gasteiger partial charge in [-0.3, -0.25) is 19.2 Å². The van der Waals surface area contributed by atoms with Crippen LogP contribution in [-0.2, 0) is 11.2 Å². The third-order valence-electron chi connectivity index (χ3n) is 6.11. The number of benzene rings is 3. The van der Waals surface area contributed by atoms with E-state index in [4.69, 9.17) is 0 Å². The number of rotatable bonds is 7. The average molecular weight is 482 g/mol. The molecule has 0 saturated heterocycles. The number of amides is 2. The lowest BCUT2D eigenvalue weighted by molar-refractivity contribution is -0.117. The van der Waals surface area contributed by atoms with Crippen LogP contribution in [0.25, 0.3) is 22.0 Å². The van der Waals surface area contributed by atoms with Crippen LogP contribution >= 0.6 is 0 Å². The number of Topliss-reactive ketones (excluding diaryl/α,β-unsaturated/α-hetero) is 1. The summed E-state index contributed by atoms with van der Waals surface area (Å²) in [5, 5.41) is 5.71. The minimum Gasteiger partial charge on any atom is -0.360 e. The second kappa shape index (κ2) is 10.4. The Morgan fingerprint density at radius 2 is 1.56 bits per heavy atom. The zero-order valence-electron chi connectivity index (χ0n) is 20.3. The molecule has 1 heterocycles. The molecule has 7 heteroatoms. The van der Waals surface area contributed by atoms with Gasteiger partial charge in [0, 0.05) is 28.4 Å². The lowest BCUT2D eigenvalue weighted by Crippen LogP contribution is -2.41. The van der Waals surface area contributed by atoms with Gasteiger partial charge in [0.25, 0.3) is 5.91 Å². The van der Waals surface area contributed by atoms with Crippen LogP contribution in [0.4, 0.5) is 5.69 Å². The highest BCUT2D eigenvalue weighted by Gasteiger charge is 2.18. The summed E-state index contributed by atoms with van der Waals surface area (Å²) in [5.41, 5.74) is 4.35. The van der Waals surface area contributed by atoms with E-state index >= 15 is 0 Å². The monoisotopic (exact) mass is 481 g/mol. The predicted octanol–water partition coefficient (Wildman–Crippen LogP) is 4.72. The second-order valence-electron chi connectivity index (χ2n) is 8.66. The van der Waals surface area contributed by atoms with Crippen molar-refractivity contribution in [3.63, 3.8) is 0 Å². The number of aryl methyl sites for hydroxylation is 1. The van der Waals surface area contributed by atoms with E-state index in [9.17, 15) is 19.2 Å². The number of hydrogen-bond donors (Lipinski definition) is 3. The van der Waals surface area contributed by atoms with Gasteiger partial charge in [-0.2, -0.15) is 0 Å². The number of ketones is 1. The van der Waals surface area contributed by atoms with Gasteiger partial charge in [-0.25, -0.2) is 0 Å². The van der Waals surface area contributed by atoms with Crippen molar-refractivity contribution in [2.45, 2.75) is 33.2 Å². The molecule has 0 fully saturated rings. The Balaban J connectivity index is 1.42. The second-order valence-corrected chi connectivity index (χ2v) is 8.66. The molecule has 0 unspecified atom stereocenters. The summed E-state index contributed by atoms with van der Waals surface area (Å²) < 4.78 is 0. The normalized spacial score (nSPS) is 11.6. The quantitative estimate of drug-likeness (QED) is 0.332. The molecule has 3 aromatic carbocycles. The maximum absolute atomic E-state index is 12.7. The Kier molecular flexibility index (Phi) is 7.10. The standard InChI is InChI=1S/C29H27N3O4/c1-4-19-5-7-20(8-6-19)21-9-11-22(12-10-21)29(36)31-17(2)28(35)32-23-13-14-26-24(15-23)27(34)25(16-30-26)18(3)33/h5-17H,4H2,1-3H3,(H,30,34)(H,31,36)(H,32,35)/t17-/m0/s1. The molecule has 0 spiro atoms. The topological polar surface area (TPSA) is 108 Å². The van der Waals surface area contributed by atoms with Crippen LogP contribution in [0.1, 0.15) is 47.1 Å². The third kappa shape index (κ3) is 5.25. The number of anilines is 1. The van der Waals surface area contributed by atoms with Gasteiger partial charge < -0.3 is 15.6 Å². The molecule has 4 rings (SSSR count). The van der Waals surface area contributed by atoms with Crippen molar-refractivity contribution in [1.82, 2.24) is 10.3 Å². The lowest BCUT2D eigenvalue weighted by Gasteiger charge is -2.15. The first-order chi connectivity index (χ1) is 17.3. The van der Waals surface area contributed by atoms with Crippen LogP contribution in [0.5, 0.6) is 0 Å². The van der Waals surface area contributed by atoms with E-state index in [-0.39, 0.29) is 17.3 Å². The molecule has 182 valence electrons. The number of fused-ring (bicyclic) bond motifs is 1. The molecule has 0 aliphatic heterocycles. The average Bonchev–Trinajstić information content (AvgIpc) is 2.89. The van der Waals surface area contributed by atoms with E-state index in [1.54, 1.807) is 31.2 Å². The highest BCUT2D eigenvalue weighted by Crippen LogP contribution is 2.21. The molecule has 4 aromatic rings. The number of pyridine rings is 1. The number of aromatic amines is 1. The van der Waals surface area contributed by atoms with E-state index in [0.717, 1.165) is 17.5 Å². The number of H-pyrrole nitrogens is 1. The van der Waals surface area contributed by atoms with Crippen molar-refractivity contribution in [1.29, 1.82) is 0 Å². The van der Waals surface area contributed by atoms with Gasteiger partial charge >= 0.3 is 0 Å². The first-order valence-electron chi connectivity index (χ1n) is 11.7. The van der Waals surface area contributed by atoms with Crippen LogP contribution in [0.15, 0.2) is 77.7 Å². The molecule has 3 N–H and O–H groups in total. The van der Waals surface area contributed by atoms with E-state index in [2.05, 4.69) is 46.8 Å². The summed E-state index contributed by atoms with van der Waals surface area (Å²) in [6, 6.07) is 19.5. The number of carbonyl (C=O) groups is 3. The molecular weight excluding hydrogens is 454 g/mol. The van der Waals surface area contributed by atoms with Gasteiger partial charge in [-0.05, 0) is 67.3 Å². The minimum atomic E-state index is -0.823. The van der Waals surface area contributed by atoms with E-state index in [1.165, 1.54) is 24.8 Å². The predicted molar refractivity (Wildman–Crippen MR) is 141 cm³/mol. The molecular formula is C29H27N3O4. The summed E-state index contributed by atoms with van der Waals surface area (Å²) in [6.45, 7) is 5.01. The van der Waals surface area contributed by atoms with Crippen molar-refractivity contribution < 1.29 is 14.4 Å². The SMILES string of the molecule is CCc1ccc(-c2ccc(C(=O)N[C@@H](C)C(=O)Nc3ccc4[nH]cc(C(C)=O)c(=O)c4c3)cc2)cc1. The summed E-state index contributed by atoms with van der Waals surface area (Å²) in [7, 11) is 0. The minimum absolute atomic E-state index is 0.0515. The van der Waals surface area contributed by atoms with E-state index in [0.29, 0.717) is 22.2 Å². The molecule has 2 amide bonds. The Hall–Kier alpha value is -4.52. The molecule has 0 bridgehead atoms. The smallest absolute Gasteiger partial charge is 0.251 e. The molecule has 36 heavy (non-hydrogen) atoms. The highest BCUT2D eigenvalue weighted by atomic mass is 16.2. The van der Waals surface area contributed by atoms with Crippen LogP contribution in [0, 0.1) is 0 Å². The summed E-state index contributed by atoms with van der Waals surface area (Å²) in [4.78, 5) is 52.6. The van der Waals surface area contributed by atoms with Crippen LogP contribution in [0.3, 0.4) is 0 Å². The molecule has 0 aliphatic carbocycles. The summed E-state index contributed by atoms with van der Waals surface area (Å²) >= 11 is 0. The molecule has 0 saturated carbocycles. The maximum atomic E-state index is 12.7. The molecule has 1 aromatic heterocycles. The zero-order chi connectivity index (χ0) is 25.8. The van der Waals surface area contributed by atoms with E-state index in [1.807, 2.05) is 12.1 Å².